The highest BCUT2D eigenvalue weighted by molar-refractivity contribution is 5.87. The maximum absolute atomic E-state index is 5.55. The van der Waals surface area contributed by atoms with Gasteiger partial charge in [0.2, 0.25) is 0 Å². The highest BCUT2D eigenvalue weighted by Gasteiger charge is 2.06. The van der Waals surface area contributed by atoms with E-state index in [4.69, 9.17) is 4.42 Å². The minimum atomic E-state index is 0.401. The molecule has 0 saturated carbocycles. The summed E-state index contributed by atoms with van der Waals surface area (Å²) in [5.41, 5.74) is 3.44. The van der Waals surface area contributed by atoms with Crippen molar-refractivity contribution in [3.05, 3.63) is 41.7 Å². The van der Waals surface area contributed by atoms with Crippen LogP contribution in [0.3, 0.4) is 0 Å². The second kappa shape index (κ2) is 5.87. The Morgan fingerprint density at radius 3 is 2.94 bits per heavy atom. The Morgan fingerprint density at radius 2 is 2.17 bits per heavy atom. The molecule has 2 heteroatoms. The van der Waals surface area contributed by atoms with Crippen LogP contribution in [0.5, 0.6) is 0 Å². The van der Waals surface area contributed by atoms with Gasteiger partial charge in [0.1, 0.15) is 5.58 Å². The fourth-order valence-corrected chi connectivity index (χ4v) is 2.00. The lowest BCUT2D eigenvalue weighted by Gasteiger charge is -2.13. The topological polar surface area (TPSA) is 25.2 Å². The third kappa shape index (κ3) is 2.82. The van der Waals surface area contributed by atoms with Gasteiger partial charge in [-0.2, -0.15) is 0 Å². The molecule has 0 radical (unpaired) electrons. The molecule has 0 spiro atoms. The quantitative estimate of drug-likeness (QED) is 0.850. The Labute approximate surface area is 109 Å². The molecule has 0 saturated heterocycles. The van der Waals surface area contributed by atoms with Gasteiger partial charge < -0.3 is 9.73 Å². The van der Waals surface area contributed by atoms with Crippen molar-refractivity contribution in [2.45, 2.75) is 33.2 Å². The van der Waals surface area contributed by atoms with Crippen LogP contribution >= 0.6 is 0 Å². The maximum atomic E-state index is 5.55. The van der Waals surface area contributed by atoms with E-state index in [2.05, 4.69) is 38.2 Å². The molecular weight excluding hydrogens is 222 g/mol. The summed E-state index contributed by atoms with van der Waals surface area (Å²) in [7, 11) is 0. The Hall–Kier alpha value is -1.54. The fourth-order valence-electron chi connectivity index (χ4n) is 2.00. The molecule has 1 aromatic carbocycles. The number of para-hydroxylation sites is 1. The van der Waals surface area contributed by atoms with E-state index >= 15 is 0 Å². The van der Waals surface area contributed by atoms with Crippen LogP contribution in [0.1, 0.15) is 32.8 Å². The minimum Gasteiger partial charge on any atom is -0.464 e. The summed E-state index contributed by atoms with van der Waals surface area (Å²) in [6.45, 7) is 7.60. The molecule has 0 bridgehead atoms. The van der Waals surface area contributed by atoms with Crippen LogP contribution in [0.15, 0.2) is 40.5 Å². The Morgan fingerprint density at radius 1 is 1.39 bits per heavy atom. The van der Waals surface area contributed by atoms with E-state index in [-0.39, 0.29) is 0 Å². The summed E-state index contributed by atoms with van der Waals surface area (Å²) in [5, 5.41) is 4.67. The van der Waals surface area contributed by atoms with Gasteiger partial charge in [0.05, 0.1) is 6.26 Å². The van der Waals surface area contributed by atoms with E-state index < -0.39 is 0 Å². The van der Waals surface area contributed by atoms with Crippen LogP contribution in [0.2, 0.25) is 0 Å². The number of nitrogens with one attached hydrogen (secondary N) is 1. The number of furan rings is 1. The molecule has 2 rings (SSSR count). The molecule has 1 atom stereocenters. The van der Waals surface area contributed by atoms with Gasteiger partial charge in [0, 0.05) is 17.0 Å². The van der Waals surface area contributed by atoms with E-state index in [1.807, 2.05) is 24.5 Å². The highest BCUT2D eigenvalue weighted by Crippen LogP contribution is 2.23. The largest absolute Gasteiger partial charge is 0.464 e. The van der Waals surface area contributed by atoms with Gasteiger partial charge in [0.25, 0.3) is 0 Å². The van der Waals surface area contributed by atoms with Crippen molar-refractivity contribution in [2.75, 3.05) is 6.54 Å². The summed E-state index contributed by atoms with van der Waals surface area (Å²) in [5.74, 6) is 0. The van der Waals surface area contributed by atoms with Crippen molar-refractivity contribution >= 4 is 17.0 Å². The molecule has 0 fully saturated rings. The first-order valence-electron chi connectivity index (χ1n) is 6.60. The van der Waals surface area contributed by atoms with Gasteiger partial charge in [-0.05, 0) is 32.9 Å². The van der Waals surface area contributed by atoms with Crippen molar-refractivity contribution < 1.29 is 4.42 Å². The second-order valence-corrected chi connectivity index (χ2v) is 4.75. The zero-order valence-corrected chi connectivity index (χ0v) is 11.4. The van der Waals surface area contributed by atoms with Crippen molar-refractivity contribution in [3.63, 3.8) is 0 Å². The molecule has 0 amide bonds. The monoisotopic (exact) mass is 243 g/mol. The molecule has 1 N–H and O–H groups in total. The summed E-state index contributed by atoms with van der Waals surface area (Å²) < 4.78 is 5.55. The standard InChI is InChI=1S/C16H21NO/c1-4-9-17-13(3)12(2)10-14-11-18-16-8-6-5-7-15(14)16/h5-8,10-11,13,17H,4,9H2,1-3H3/b12-10+. The predicted molar refractivity (Wildman–Crippen MR) is 77.6 cm³/mol. The molecule has 1 aromatic heterocycles. The number of fused-ring (bicyclic) bond motifs is 1. The number of hydrogen-bond donors (Lipinski definition) is 1. The third-order valence-electron chi connectivity index (χ3n) is 3.28. The zero-order chi connectivity index (χ0) is 13.0. The maximum Gasteiger partial charge on any atom is 0.134 e. The minimum absolute atomic E-state index is 0.401. The van der Waals surface area contributed by atoms with E-state index in [0.717, 1.165) is 24.1 Å². The first kappa shape index (κ1) is 12.9. The van der Waals surface area contributed by atoms with E-state index in [1.54, 1.807) is 0 Å². The van der Waals surface area contributed by atoms with Crippen LogP contribution in [-0.2, 0) is 0 Å². The summed E-state index contributed by atoms with van der Waals surface area (Å²) in [4.78, 5) is 0. The van der Waals surface area contributed by atoms with E-state index in [1.165, 1.54) is 11.0 Å². The smallest absolute Gasteiger partial charge is 0.134 e. The van der Waals surface area contributed by atoms with Crippen LogP contribution in [0.4, 0.5) is 0 Å². The first-order chi connectivity index (χ1) is 8.72. The van der Waals surface area contributed by atoms with Gasteiger partial charge in [-0.3, -0.25) is 0 Å². The van der Waals surface area contributed by atoms with Crippen molar-refractivity contribution in [3.8, 4) is 0 Å². The summed E-state index contributed by atoms with van der Waals surface area (Å²) >= 11 is 0. The highest BCUT2D eigenvalue weighted by atomic mass is 16.3. The van der Waals surface area contributed by atoms with Gasteiger partial charge in [-0.15, -0.1) is 0 Å². The molecule has 18 heavy (non-hydrogen) atoms. The summed E-state index contributed by atoms with van der Waals surface area (Å²) in [6, 6.07) is 8.54. The van der Waals surface area contributed by atoms with Crippen molar-refractivity contribution in [1.82, 2.24) is 5.32 Å². The second-order valence-electron chi connectivity index (χ2n) is 4.75. The normalized spacial score (nSPS) is 14.1. The molecule has 2 nitrogen and oxygen atoms in total. The van der Waals surface area contributed by atoms with Crippen LogP contribution < -0.4 is 5.32 Å². The van der Waals surface area contributed by atoms with Crippen molar-refractivity contribution in [1.29, 1.82) is 0 Å². The van der Waals surface area contributed by atoms with E-state index in [9.17, 15) is 0 Å². The Balaban J connectivity index is 2.21. The lowest BCUT2D eigenvalue weighted by atomic mass is 10.1. The van der Waals surface area contributed by atoms with Gasteiger partial charge in [-0.25, -0.2) is 0 Å². The van der Waals surface area contributed by atoms with Gasteiger partial charge in [0.15, 0.2) is 0 Å². The average Bonchev–Trinajstić information content (AvgIpc) is 2.79. The SMILES string of the molecule is CCCNC(C)/C(C)=C/c1coc2ccccc12. The zero-order valence-electron chi connectivity index (χ0n) is 11.4. The van der Waals surface area contributed by atoms with Crippen LogP contribution in [-0.4, -0.2) is 12.6 Å². The molecule has 0 aliphatic heterocycles. The van der Waals surface area contributed by atoms with Gasteiger partial charge >= 0.3 is 0 Å². The Kier molecular flexibility index (Phi) is 4.21. The number of hydrogen-bond acceptors (Lipinski definition) is 2. The molecule has 1 heterocycles. The van der Waals surface area contributed by atoms with Crippen molar-refractivity contribution in [2.24, 2.45) is 0 Å². The van der Waals surface area contributed by atoms with Gasteiger partial charge in [-0.1, -0.05) is 36.8 Å². The molecule has 96 valence electrons. The van der Waals surface area contributed by atoms with E-state index in [0.29, 0.717) is 6.04 Å². The predicted octanol–water partition coefficient (Wildman–Crippen LogP) is 4.22. The van der Waals surface area contributed by atoms with Crippen LogP contribution in [0, 0.1) is 0 Å². The lowest BCUT2D eigenvalue weighted by molar-refractivity contribution is 0.603. The molecule has 1 unspecified atom stereocenters. The fraction of sp³-hybridized carbons (Fsp3) is 0.375. The third-order valence-corrected chi connectivity index (χ3v) is 3.28. The summed E-state index contributed by atoms with van der Waals surface area (Å²) in [6.07, 6.45) is 5.20. The molecular formula is C16H21NO. The molecule has 0 aliphatic rings. The first-order valence-corrected chi connectivity index (χ1v) is 6.60. The lowest BCUT2D eigenvalue weighted by Crippen LogP contribution is -2.27. The average molecular weight is 243 g/mol. The number of benzene rings is 1. The number of rotatable bonds is 5. The Bertz CT molecular complexity index is 539. The molecule has 0 aliphatic carbocycles. The molecule has 2 aromatic rings. The van der Waals surface area contributed by atoms with Crippen LogP contribution in [0.25, 0.3) is 17.0 Å².